The molecule has 0 unspecified atom stereocenters. The van der Waals surface area contributed by atoms with Crippen LogP contribution in [-0.4, -0.2) is 0 Å². The van der Waals surface area contributed by atoms with Gasteiger partial charge in [0.2, 0.25) is 0 Å². The van der Waals surface area contributed by atoms with E-state index in [1.165, 1.54) is 35.1 Å². The van der Waals surface area contributed by atoms with Crippen molar-refractivity contribution in [1.82, 2.24) is 0 Å². The van der Waals surface area contributed by atoms with Crippen LogP contribution in [0.5, 0.6) is 0 Å². The summed E-state index contributed by atoms with van der Waals surface area (Å²) in [5.41, 5.74) is 11.7. The molecule has 0 heterocycles. The molecule has 2 rings (SSSR count). The van der Waals surface area contributed by atoms with Gasteiger partial charge < -0.3 is 5.73 Å². The van der Waals surface area contributed by atoms with Crippen molar-refractivity contribution >= 4 is 0 Å². The fourth-order valence-electron chi connectivity index (χ4n) is 2.41. The summed E-state index contributed by atoms with van der Waals surface area (Å²) in [6.45, 7) is 6.50. The Morgan fingerprint density at radius 1 is 1.14 bits per heavy atom. The molecule has 0 aliphatic heterocycles. The maximum Gasteiger partial charge on any atom is 0.0328 e. The molecule has 2 N–H and O–H groups in total. The van der Waals surface area contributed by atoms with Crippen LogP contribution in [0.2, 0.25) is 0 Å². The molecule has 0 amide bonds. The van der Waals surface area contributed by atoms with Gasteiger partial charge in [0.25, 0.3) is 0 Å². The van der Waals surface area contributed by atoms with Crippen LogP contribution in [0, 0.1) is 26.7 Å². The Balaban J connectivity index is 2.40. The van der Waals surface area contributed by atoms with Gasteiger partial charge in [0.05, 0.1) is 0 Å². The number of nitrogens with two attached hydrogens (primary N) is 1. The summed E-state index contributed by atoms with van der Waals surface area (Å²) in [5.74, 6) is 0.745. The second-order valence-electron chi connectivity index (χ2n) is 4.68. The molecule has 1 aromatic rings. The highest BCUT2D eigenvalue weighted by atomic mass is 14.7. The van der Waals surface area contributed by atoms with Gasteiger partial charge in [0.1, 0.15) is 0 Å². The number of aryl methyl sites for hydroxylation is 3. The fourth-order valence-corrected chi connectivity index (χ4v) is 2.41. The summed E-state index contributed by atoms with van der Waals surface area (Å²) < 4.78 is 0. The Morgan fingerprint density at radius 2 is 1.64 bits per heavy atom. The first-order valence-electron chi connectivity index (χ1n) is 5.43. The normalized spacial score (nSPS) is 18.3. The van der Waals surface area contributed by atoms with Gasteiger partial charge in [-0.3, -0.25) is 0 Å². The predicted octanol–water partition coefficient (Wildman–Crippen LogP) is 3.02. The van der Waals surface area contributed by atoms with Gasteiger partial charge in [-0.15, -0.1) is 0 Å². The highest BCUT2D eigenvalue weighted by molar-refractivity contribution is 5.40. The van der Waals surface area contributed by atoms with E-state index in [0.29, 0.717) is 0 Å². The van der Waals surface area contributed by atoms with E-state index in [1.807, 2.05) is 0 Å². The smallest absolute Gasteiger partial charge is 0.0328 e. The lowest BCUT2D eigenvalue weighted by Gasteiger charge is -2.17. The summed E-state index contributed by atoms with van der Waals surface area (Å²) >= 11 is 0. The Bertz CT molecular complexity index is 327. The van der Waals surface area contributed by atoms with Crippen molar-refractivity contribution in [3.8, 4) is 0 Å². The molecule has 0 radical (unpaired) electrons. The molecule has 0 saturated heterocycles. The van der Waals surface area contributed by atoms with Crippen LogP contribution >= 0.6 is 0 Å². The van der Waals surface area contributed by atoms with Crippen LogP contribution in [0.15, 0.2) is 12.1 Å². The van der Waals surface area contributed by atoms with Gasteiger partial charge in [-0.05, 0) is 56.2 Å². The van der Waals surface area contributed by atoms with Crippen molar-refractivity contribution < 1.29 is 0 Å². The third-order valence-corrected chi connectivity index (χ3v) is 3.20. The minimum atomic E-state index is 0.274. The van der Waals surface area contributed by atoms with E-state index in [2.05, 4.69) is 32.9 Å². The molecule has 76 valence electrons. The maximum atomic E-state index is 6.25. The second-order valence-corrected chi connectivity index (χ2v) is 4.68. The summed E-state index contributed by atoms with van der Waals surface area (Å²) in [4.78, 5) is 0. The van der Waals surface area contributed by atoms with Crippen molar-refractivity contribution in [2.45, 2.75) is 39.7 Å². The van der Waals surface area contributed by atoms with Crippen molar-refractivity contribution in [2.75, 3.05) is 0 Å². The average molecular weight is 189 g/mol. The largest absolute Gasteiger partial charge is 0.324 e. The van der Waals surface area contributed by atoms with Gasteiger partial charge in [-0.1, -0.05) is 17.7 Å². The van der Waals surface area contributed by atoms with Crippen LogP contribution in [0.3, 0.4) is 0 Å². The molecule has 14 heavy (non-hydrogen) atoms. The standard InChI is InChI=1S/C13H19N/c1-8-6-9(2)12(10(3)7-8)13(14)11-4-5-11/h6-7,11,13H,4-5,14H2,1-3H3/t13-/m1/s1. The van der Waals surface area contributed by atoms with Crippen molar-refractivity contribution in [3.05, 3.63) is 34.4 Å². The van der Waals surface area contributed by atoms with Gasteiger partial charge in [0.15, 0.2) is 0 Å². The third kappa shape index (κ3) is 1.69. The van der Waals surface area contributed by atoms with Crippen molar-refractivity contribution in [2.24, 2.45) is 11.7 Å². The summed E-state index contributed by atoms with van der Waals surface area (Å²) in [7, 11) is 0. The third-order valence-electron chi connectivity index (χ3n) is 3.20. The molecule has 0 aromatic heterocycles. The number of rotatable bonds is 2. The van der Waals surface area contributed by atoms with Crippen LogP contribution in [0.25, 0.3) is 0 Å². The average Bonchev–Trinajstić information content (AvgIpc) is 2.83. The van der Waals surface area contributed by atoms with Crippen molar-refractivity contribution in [3.63, 3.8) is 0 Å². The Hall–Kier alpha value is -0.820. The second kappa shape index (κ2) is 3.39. The van der Waals surface area contributed by atoms with Crippen LogP contribution in [-0.2, 0) is 0 Å². The van der Waals surface area contributed by atoms with E-state index in [9.17, 15) is 0 Å². The summed E-state index contributed by atoms with van der Waals surface area (Å²) in [5, 5.41) is 0. The van der Waals surface area contributed by atoms with E-state index in [-0.39, 0.29) is 6.04 Å². The van der Waals surface area contributed by atoms with E-state index in [4.69, 9.17) is 5.73 Å². The number of hydrogen-bond donors (Lipinski definition) is 1. The number of benzene rings is 1. The predicted molar refractivity (Wildman–Crippen MR) is 60.3 cm³/mol. The molecular weight excluding hydrogens is 170 g/mol. The minimum absolute atomic E-state index is 0.274. The molecule has 1 fully saturated rings. The monoisotopic (exact) mass is 189 g/mol. The van der Waals surface area contributed by atoms with Gasteiger partial charge in [-0.25, -0.2) is 0 Å². The molecule has 1 aliphatic rings. The lowest BCUT2D eigenvalue weighted by Crippen LogP contribution is -2.15. The first kappa shape index (κ1) is 9.72. The summed E-state index contributed by atoms with van der Waals surface area (Å²) in [6, 6.07) is 4.76. The SMILES string of the molecule is Cc1cc(C)c([C@H](N)C2CC2)c(C)c1. The van der Waals surface area contributed by atoms with Crippen LogP contribution in [0.1, 0.15) is 41.1 Å². The number of hydrogen-bond acceptors (Lipinski definition) is 1. The van der Waals surface area contributed by atoms with Gasteiger partial charge in [-0.2, -0.15) is 0 Å². The van der Waals surface area contributed by atoms with E-state index < -0.39 is 0 Å². The first-order valence-corrected chi connectivity index (χ1v) is 5.43. The molecule has 1 saturated carbocycles. The molecule has 1 heteroatoms. The molecule has 0 spiro atoms. The zero-order valence-corrected chi connectivity index (χ0v) is 9.30. The fraction of sp³-hybridized carbons (Fsp3) is 0.538. The molecule has 1 atom stereocenters. The highest BCUT2D eigenvalue weighted by Gasteiger charge is 2.31. The summed E-state index contributed by atoms with van der Waals surface area (Å²) in [6.07, 6.45) is 2.63. The highest BCUT2D eigenvalue weighted by Crippen LogP contribution is 2.41. The Morgan fingerprint density at radius 3 is 2.07 bits per heavy atom. The molecular formula is C13H19N. The molecule has 1 nitrogen and oxygen atoms in total. The topological polar surface area (TPSA) is 26.0 Å². The minimum Gasteiger partial charge on any atom is -0.324 e. The van der Waals surface area contributed by atoms with E-state index in [1.54, 1.807) is 0 Å². The van der Waals surface area contributed by atoms with E-state index >= 15 is 0 Å². The Labute approximate surface area is 86.3 Å². The molecule has 1 aliphatic carbocycles. The van der Waals surface area contributed by atoms with E-state index in [0.717, 1.165) is 5.92 Å². The molecule has 0 bridgehead atoms. The lowest BCUT2D eigenvalue weighted by atomic mass is 9.92. The first-order chi connectivity index (χ1) is 6.59. The quantitative estimate of drug-likeness (QED) is 0.760. The Kier molecular flexibility index (Phi) is 2.36. The van der Waals surface area contributed by atoms with Crippen LogP contribution < -0.4 is 5.73 Å². The zero-order valence-electron chi connectivity index (χ0n) is 9.30. The van der Waals surface area contributed by atoms with Gasteiger partial charge >= 0.3 is 0 Å². The van der Waals surface area contributed by atoms with Gasteiger partial charge in [0, 0.05) is 6.04 Å². The maximum absolute atomic E-state index is 6.25. The van der Waals surface area contributed by atoms with Crippen LogP contribution in [0.4, 0.5) is 0 Å². The van der Waals surface area contributed by atoms with Crippen molar-refractivity contribution in [1.29, 1.82) is 0 Å². The zero-order chi connectivity index (χ0) is 10.3. The molecule has 1 aromatic carbocycles. The lowest BCUT2D eigenvalue weighted by molar-refractivity contribution is 0.626.